The predicted molar refractivity (Wildman–Crippen MR) is 89.5 cm³/mol. The largest absolute Gasteiger partial charge is 0.545 e. The molecule has 0 saturated heterocycles. The van der Waals surface area contributed by atoms with E-state index in [1.807, 2.05) is 13.8 Å². The van der Waals surface area contributed by atoms with Gasteiger partial charge in [0.15, 0.2) is 5.75 Å². The number of hydrogen-bond donors (Lipinski definition) is 0. The predicted octanol–water partition coefficient (Wildman–Crippen LogP) is 4.27. The molecule has 1 aliphatic rings. The molecule has 2 rings (SSSR count). The Bertz CT molecular complexity index is 728. The average molecular weight is 412 g/mol. The Morgan fingerprint density at radius 3 is 2.46 bits per heavy atom. The highest BCUT2D eigenvalue weighted by Gasteiger charge is 2.47. The van der Waals surface area contributed by atoms with Crippen molar-refractivity contribution in [2.24, 2.45) is 5.92 Å². The molecule has 1 heterocycles. The Labute approximate surface area is 158 Å². The van der Waals surface area contributed by atoms with Gasteiger partial charge in [-0.1, -0.05) is 49.9 Å². The van der Waals surface area contributed by atoms with Gasteiger partial charge in [-0.15, -0.1) is 0 Å². The van der Waals surface area contributed by atoms with Gasteiger partial charge >= 0.3 is 6.18 Å². The number of benzene rings is 1. The van der Waals surface area contributed by atoms with Crippen LogP contribution >= 0.6 is 23.2 Å². The zero-order valence-corrected chi connectivity index (χ0v) is 15.5. The number of hydrogen-bond acceptors (Lipinski definition) is 4. The molecule has 1 unspecified atom stereocenters. The van der Waals surface area contributed by atoms with Crippen molar-refractivity contribution in [3.05, 3.63) is 27.2 Å². The van der Waals surface area contributed by atoms with Crippen LogP contribution in [-0.4, -0.2) is 24.9 Å². The molecule has 1 aromatic carbocycles. The van der Waals surface area contributed by atoms with Crippen molar-refractivity contribution in [3.8, 4) is 11.5 Å². The second kappa shape index (κ2) is 7.96. The lowest BCUT2D eigenvalue weighted by molar-refractivity contribution is -0.302. The first-order valence-electron chi connectivity index (χ1n) is 7.91. The second-order valence-corrected chi connectivity index (χ2v) is 6.63. The molecule has 0 aromatic heterocycles. The van der Waals surface area contributed by atoms with E-state index in [2.05, 4.69) is 0 Å². The molecule has 0 fully saturated rings. The number of alkyl halides is 3. The SMILES string of the molecule is CCC(CC)COc1c(Cl)cc2c(c1Cl)OC(C(F)(F)F)C(C(=O)[O-])=C2. The van der Waals surface area contributed by atoms with Crippen LogP contribution in [0.15, 0.2) is 11.6 Å². The van der Waals surface area contributed by atoms with Crippen molar-refractivity contribution < 1.29 is 32.5 Å². The Balaban J connectivity index is 2.46. The number of halogens is 5. The molecule has 0 aliphatic carbocycles. The van der Waals surface area contributed by atoms with E-state index in [4.69, 9.17) is 32.7 Å². The highest BCUT2D eigenvalue weighted by molar-refractivity contribution is 6.38. The molecule has 0 radical (unpaired) electrons. The van der Waals surface area contributed by atoms with E-state index in [1.54, 1.807) is 0 Å². The lowest BCUT2D eigenvalue weighted by atomic mass is 10.0. The number of rotatable bonds is 6. The third kappa shape index (κ3) is 4.20. The first-order valence-corrected chi connectivity index (χ1v) is 8.66. The smallest absolute Gasteiger partial charge is 0.429 e. The van der Waals surface area contributed by atoms with Gasteiger partial charge in [0.05, 0.1) is 17.6 Å². The van der Waals surface area contributed by atoms with Crippen molar-refractivity contribution in [3.63, 3.8) is 0 Å². The van der Waals surface area contributed by atoms with E-state index < -0.39 is 23.8 Å². The fourth-order valence-electron chi connectivity index (χ4n) is 2.52. The summed E-state index contributed by atoms with van der Waals surface area (Å²) < 4.78 is 49.9. The second-order valence-electron chi connectivity index (χ2n) is 5.84. The third-order valence-electron chi connectivity index (χ3n) is 4.14. The minimum atomic E-state index is -4.96. The first kappa shape index (κ1) is 20.7. The number of carbonyl (C=O) groups is 1. The minimum Gasteiger partial charge on any atom is -0.545 e. The summed E-state index contributed by atoms with van der Waals surface area (Å²) in [4.78, 5) is 11.1. The van der Waals surface area contributed by atoms with Gasteiger partial charge in [-0.25, -0.2) is 0 Å². The van der Waals surface area contributed by atoms with Gasteiger partial charge in [0, 0.05) is 11.1 Å². The van der Waals surface area contributed by atoms with Crippen molar-refractivity contribution in [1.82, 2.24) is 0 Å². The highest BCUT2D eigenvalue weighted by Crippen LogP contribution is 2.47. The van der Waals surface area contributed by atoms with Crippen LogP contribution in [0.2, 0.25) is 10.0 Å². The molecule has 0 amide bonds. The number of carboxylic acid groups (broad SMARTS) is 1. The summed E-state index contributed by atoms with van der Waals surface area (Å²) in [5.74, 6) is -2.08. The fourth-order valence-corrected chi connectivity index (χ4v) is 3.15. The molecule has 9 heteroatoms. The van der Waals surface area contributed by atoms with Crippen LogP contribution in [0, 0.1) is 5.92 Å². The minimum absolute atomic E-state index is 0.00482. The molecule has 0 spiro atoms. The Morgan fingerprint density at radius 1 is 1.35 bits per heavy atom. The first-order chi connectivity index (χ1) is 12.1. The zero-order chi connectivity index (χ0) is 19.6. The maximum Gasteiger partial charge on any atom is 0.429 e. The average Bonchev–Trinajstić information content (AvgIpc) is 2.56. The van der Waals surface area contributed by atoms with Gasteiger partial charge in [0.25, 0.3) is 0 Å². The van der Waals surface area contributed by atoms with Crippen LogP contribution in [-0.2, 0) is 4.79 Å². The highest BCUT2D eigenvalue weighted by atomic mass is 35.5. The third-order valence-corrected chi connectivity index (χ3v) is 4.76. The molecular weight excluding hydrogens is 396 g/mol. The monoisotopic (exact) mass is 411 g/mol. The number of fused-ring (bicyclic) bond motifs is 1. The maximum absolute atomic E-state index is 13.1. The molecule has 4 nitrogen and oxygen atoms in total. The summed E-state index contributed by atoms with van der Waals surface area (Å²) in [6.45, 7) is 4.25. The number of carbonyl (C=O) groups excluding carboxylic acids is 1. The van der Waals surface area contributed by atoms with Crippen molar-refractivity contribution in [1.29, 1.82) is 0 Å². The standard InChI is InChI=1S/C17H17Cl2F3O4/c1-3-8(4-2)7-25-14-11(18)6-9-5-10(16(23)24)15(17(20,21)22)26-13(9)12(14)19/h5-6,8,15H,3-4,7H2,1-2H3,(H,23,24)/p-1. The van der Waals surface area contributed by atoms with Crippen molar-refractivity contribution >= 4 is 35.2 Å². The molecular formula is C17H16Cl2F3O4-. The van der Waals surface area contributed by atoms with E-state index >= 15 is 0 Å². The number of carboxylic acids is 1. The zero-order valence-electron chi connectivity index (χ0n) is 14.0. The van der Waals surface area contributed by atoms with E-state index in [9.17, 15) is 23.1 Å². The number of aliphatic carboxylic acids is 1. The normalized spacial score (nSPS) is 16.8. The summed E-state index contributed by atoms with van der Waals surface area (Å²) in [6.07, 6.45) is -5.15. The van der Waals surface area contributed by atoms with E-state index in [0.717, 1.165) is 18.9 Å². The van der Waals surface area contributed by atoms with E-state index in [-0.39, 0.29) is 39.6 Å². The van der Waals surface area contributed by atoms with Crippen LogP contribution in [0.3, 0.4) is 0 Å². The molecule has 0 N–H and O–H groups in total. The van der Waals surface area contributed by atoms with Crippen LogP contribution < -0.4 is 14.6 Å². The van der Waals surface area contributed by atoms with Crippen molar-refractivity contribution in [2.75, 3.05) is 6.61 Å². The summed E-state index contributed by atoms with van der Waals surface area (Å²) in [5, 5.41) is 10.9. The maximum atomic E-state index is 13.1. The van der Waals surface area contributed by atoms with Crippen LogP contribution in [0.4, 0.5) is 13.2 Å². The molecule has 144 valence electrons. The topological polar surface area (TPSA) is 58.6 Å². The van der Waals surface area contributed by atoms with Gasteiger partial charge in [-0.05, 0) is 18.1 Å². The molecule has 0 saturated carbocycles. The van der Waals surface area contributed by atoms with E-state index in [1.165, 1.54) is 6.07 Å². The molecule has 1 aromatic rings. The number of ether oxygens (including phenoxy) is 2. The summed E-state index contributed by atoms with van der Waals surface area (Å²) in [7, 11) is 0. The van der Waals surface area contributed by atoms with Gasteiger partial charge in [0.1, 0.15) is 10.8 Å². The van der Waals surface area contributed by atoms with Crippen LogP contribution in [0.25, 0.3) is 6.08 Å². The van der Waals surface area contributed by atoms with Gasteiger partial charge in [0.2, 0.25) is 6.10 Å². The summed E-state index contributed by atoms with van der Waals surface area (Å²) >= 11 is 12.3. The molecule has 26 heavy (non-hydrogen) atoms. The van der Waals surface area contributed by atoms with E-state index in [0.29, 0.717) is 0 Å². The molecule has 1 aliphatic heterocycles. The lowest BCUT2D eigenvalue weighted by Crippen LogP contribution is -2.44. The Morgan fingerprint density at radius 2 is 1.96 bits per heavy atom. The lowest BCUT2D eigenvalue weighted by Gasteiger charge is -2.30. The quantitative estimate of drug-likeness (QED) is 0.701. The molecule has 1 atom stereocenters. The Kier molecular flexibility index (Phi) is 6.34. The summed E-state index contributed by atoms with van der Waals surface area (Å²) in [6, 6.07) is 1.25. The fraction of sp³-hybridized carbons (Fsp3) is 0.471. The van der Waals surface area contributed by atoms with Gasteiger partial charge in [-0.2, -0.15) is 13.2 Å². The van der Waals surface area contributed by atoms with Crippen LogP contribution in [0.5, 0.6) is 11.5 Å². The summed E-state index contributed by atoms with van der Waals surface area (Å²) in [5.41, 5.74) is -1.04. The molecule has 0 bridgehead atoms. The van der Waals surface area contributed by atoms with Gasteiger partial charge < -0.3 is 19.4 Å². The van der Waals surface area contributed by atoms with Crippen molar-refractivity contribution in [2.45, 2.75) is 39.0 Å². The van der Waals surface area contributed by atoms with Gasteiger partial charge in [-0.3, -0.25) is 0 Å². The Hall–Kier alpha value is -1.60. The van der Waals surface area contributed by atoms with Crippen LogP contribution in [0.1, 0.15) is 32.3 Å².